The molecule has 0 bridgehead atoms. The summed E-state index contributed by atoms with van der Waals surface area (Å²) in [6, 6.07) is 7.49. The van der Waals surface area contributed by atoms with E-state index in [1.165, 1.54) is 4.57 Å². The van der Waals surface area contributed by atoms with Gasteiger partial charge in [-0.1, -0.05) is 17.7 Å². The first-order chi connectivity index (χ1) is 11.4. The molecule has 1 N–H and O–H groups in total. The van der Waals surface area contributed by atoms with Crippen molar-refractivity contribution in [1.29, 1.82) is 0 Å². The van der Waals surface area contributed by atoms with Crippen molar-refractivity contribution >= 4 is 29.2 Å². The van der Waals surface area contributed by atoms with E-state index in [0.717, 1.165) is 5.56 Å². The first-order valence-electron chi connectivity index (χ1n) is 7.52. The number of esters is 1. The van der Waals surface area contributed by atoms with Gasteiger partial charge in [-0.15, -0.1) is 0 Å². The van der Waals surface area contributed by atoms with Crippen molar-refractivity contribution in [3.05, 3.63) is 56.7 Å². The van der Waals surface area contributed by atoms with Crippen LogP contribution in [0.25, 0.3) is 16.7 Å². The summed E-state index contributed by atoms with van der Waals surface area (Å²) in [5, 5.41) is 0. The number of aryl methyl sites for hydroxylation is 2. The molecule has 0 saturated carbocycles. The number of H-pyrrole nitrogens is 1. The van der Waals surface area contributed by atoms with E-state index in [9.17, 15) is 9.59 Å². The number of carbonyl (C=O) groups excluding carboxylic acids is 1. The number of fused-ring (bicyclic) bond motifs is 1. The Bertz CT molecular complexity index is 1040. The number of benzene rings is 1. The number of aromatic amines is 1. The maximum atomic E-state index is 13.0. The van der Waals surface area contributed by atoms with Gasteiger partial charge in [0.25, 0.3) is 5.56 Å². The molecule has 0 radical (unpaired) electrons. The number of nitrogens with zero attached hydrogens (tertiary/aromatic N) is 2. The normalized spacial score (nSPS) is 11.0. The summed E-state index contributed by atoms with van der Waals surface area (Å²) >= 11 is 5.35. The van der Waals surface area contributed by atoms with Crippen LogP contribution in [0.3, 0.4) is 0 Å². The quantitative estimate of drug-likeness (QED) is 0.586. The summed E-state index contributed by atoms with van der Waals surface area (Å²) < 4.78 is 8.31. The zero-order valence-electron chi connectivity index (χ0n) is 13.6. The summed E-state index contributed by atoms with van der Waals surface area (Å²) in [6.45, 7) is 3.96. The van der Waals surface area contributed by atoms with E-state index >= 15 is 0 Å². The average molecular weight is 343 g/mol. The first kappa shape index (κ1) is 16.2. The molecule has 0 amide bonds. The summed E-state index contributed by atoms with van der Waals surface area (Å²) in [4.78, 5) is 28.0. The van der Waals surface area contributed by atoms with Crippen LogP contribution in [-0.2, 0) is 11.8 Å². The summed E-state index contributed by atoms with van der Waals surface area (Å²) in [6.07, 6.45) is 1.58. The van der Waals surface area contributed by atoms with E-state index in [4.69, 9.17) is 17.0 Å². The van der Waals surface area contributed by atoms with Crippen LogP contribution < -0.4 is 5.56 Å². The van der Waals surface area contributed by atoms with Gasteiger partial charge in [-0.2, -0.15) is 0 Å². The van der Waals surface area contributed by atoms with E-state index in [1.54, 1.807) is 24.7 Å². The fourth-order valence-electron chi connectivity index (χ4n) is 2.66. The van der Waals surface area contributed by atoms with Crippen molar-refractivity contribution in [2.24, 2.45) is 7.05 Å². The molecule has 0 atom stereocenters. The second-order valence-electron chi connectivity index (χ2n) is 5.50. The monoisotopic (exact) mass is 343 g/mol. The highest BCUT2D eigenvalue weighted by Gasteiger charge is 2.19. The van der Waals surface area contributed by atoms with Crippen LogP contribution in [0.2, 0.25) is 0 Å². The zero-order chi connectivity index (χ0) is 17.4. The van der Waals surface area contributed by atoms with Crippen LogP contribution in [-0.4, -0.2) is 26.7 Å². The van der Waals surface area contributed by atoms with E-state index in [2.05, 4.69) is 4.98 Å². The lowest BCUT2D eigenvalue weighted by molar-refractivity contribution is 0.0528. The van der Waals surface area contributed by atoms with Gasteiger partial charge in [-0.3, -0.25) is 9.36 Å². The predicted octanol–water partition coefficient (Wildman–Crippen LogP) is 2.87. The van der Waals surface area contributed by atoms with Gasteiger partial charge in [0.15, 0.2) is 4.77 Å². The molecule has 3 rings (SSSR count). The van der Waals surface area contributed by atoms with Crippen molar-refractivity contribution in [3.63, 3.8) is 0 Å². The SMILES string of the molecule is CCOC(=O)c1cn(C)c2c(=O)n(-c3ccc(C)cc3)c(=S)[nH]c12. The van der Waals surface area contributed by atoms with Gasteiger partial charge in [0, 0.05) is 13.2 Å². The zero-order valence-corrected chi connectivity index (χ0v) is 14.4. The number of hydrogen-bond donors (Lipinski definition) is 1. The average Bonchev–Trinajstić information content (AvgIpc) is 2.86. The Hall–Kier alpha value is -2.67. The Kier molecular flexibility index (Phi) is 4.11. The second-order valence-corrected chi connectivity index (χ2v) is 5.89. The number of aromatic nitrogens is 3. The summed E-state index contributed by atoms with van der Waals surface area (Å²) in [5.41, 5.74) is 2.55. The van der Waals surface area contributed by atoms with Crippen molar-refractivity contribution < 1.29 is 9.53 Å². The highest BCUT2D eigenvalue weighted by Crippen LogP contribution is 2.18. The molecule has 0 saturated heterocycles. The highest BCUT2D eigenvalue weighted by molar-refractivity contribution is 7.71. The molecule has 0 aliphatic heterocycles. The topological polar surface area (TPSA) is 69.0 Å². The van der Waals surface area contributed by atoms with Gasteiger partial charge in [0.05, 0.1) is 17.8 Å². The summed E-state index contributed by atoms with van der Waals surface area (Å²) in [7, 11) is 1.71. The third-order valence-electron chi connectivity index (χ3n) is 3.81. The minimum Gasteiger partial charge on any atom is -0.462 e. The smallest absolute Gasteiger partial charge is 0.341 e. The van der Waals surface area contributed by atoms with Gasteiger partial charge in [-0.25, -0.2) is 4.79 Å². The van der Waals surface area contributed by atoms with E-state index in [1.807, 2.05) is 31.2 Å². The Labute approximate surface area is 143 Å². The van der Waals surface area contributed by atoms with Crippen LogP contribution in [0.4, 0.5) is 0 Å². The molecule has 0 unspecified atom stereocenters. The van der Waals surface area contributed by atoms with Crippen molar-refractivity contribution in [2.45, 2.75) is 13.8 Å². The van der Waals surface area contributed by atoms with Crippen LogP contribution in [0.5, 0.6) is 0 Å². The van der Waals surface area contributed by atoms with Crippen LogP contribution >= 0.6 is 12.2 Å². The lowest BCUT2D eigenvalue weighted by Gasteiger charge is -2.08. The van der Waals surface area contributed by atoms with E-state index < -0.39 is 5.97 Å². The fraction of sp³-hybridized carbons (Fsp3) is 0.235. The molecule has 2 heterocycles. The maximum absolute atomic E-state index is 13.0. The number of carbonyl (C=O) groups is 1. The number of ether oxygens (including phenoxy) is 1. The molecule has 124 valence electrons. The summed E-state index contributed by atoms with van der Waals surface area (Å²) in [5.74, 6) is -0.485. The Balaban J connectivity index is 2.31. The van der Waals surface area contributed by atoms with Gasteiger partial charge >= 0.3 is 5.97 Å². The van der Waals surface area contributed by atoms with E-state index in [0.29, 0.717) is 22.3 Å². The molecule has 0 fully saturated rings. The minimum atomic E-state index is -0.485. The molecule has 7 heteroatoms. The molecule has 0 aliphatic carbocycles. The van der Waals surface area contributed by atoms with Gasteiger partial charge < -0.3 is 14.3 Å². The first-order valence-corrected chi connectivity index (χ1v) is 7.93. The van der Waals surface area contributed by atoms with E-state index in [-0.39, 0.29) is 16.9 Å². The number of hydrogen-bond acceptors (Lipinski definition) is 4. The number of nitrogens with one attached hydrogen (secondary N) is 1. The Morgan fingerprint density at radius 1 is 1.29 bits per heavy atom. The molecule has 0 spiro atoms. The second kappa shape index (κ2) is 6.09. The molecule has 24 heavy (non-hydrogen) atoms. The third kappa shape index (κ3) is 2.56. The molecule has 2 aromatic heterocycles. The molecule has 0 aliphatic rings. The lowest BCUT2D eigenvalue weighted by Crippen LogP contribution is -2.22. The highest BCUT2D eigenvalue weighted by atomic mass is 32.1. The Morgan fingerprint density at radius 2 is 1.96 bits per heavy atom. The fourth-order valence-corrected chi connectivity index (χ4v) is 2.95. The molecule has 6 nitrogen and oxygen atoms in total. The van der Waals surface area contributed by atoms with Gasteiger partial charge in [-0.05, 0) is 38.2 Å². The van der Waals surface area contributed by atoms with Crippen molar-refractivity contribution in [1.82, 2.24) is 14.1 Å². The van der Waals surface area contributed by atoms with Crippen molar-refractivity contribution in [2.75, 3.05) is 6.61 Å². The van der Waals surface area contributed by atoms with Crippen LogP contribution in [0, 0.1) is 11.7 Å². The number of rotatable bonds is 3. The van der Waals surface area contributed by atoms with Crippen LogP contribution in [0.15, 0.2) is 35.3 Å². The molecular weight excluding hydrogens is 326 g/mol. The van der Waals surface area contributed by atoms with Gasteiger partial charge in [0.1, 0.15) is 11.1 Å². The standard InChI is InChI=1S/C17H17N3O3S/c1-4-23-16(22)12-9-19(3)14-13(12)18-17(24)20(15(14)21)11-7-5-10(2)6-8-11/h5-9H,4H2,1-3H3,(H,18,24). The minimum absolute atomic E-state index is 0.230. The predicted molar refractivity (Wildman–Crippen MR) is 94.4 cm³/mol. The van der Waals surface area contributed by atoms with Crippen molar-refractivity contribution in [3.8, 4) is 5.69 Å². The largest absolute Gasteiger partial charge is 0.462 e. The maximum Gasteiger partial charge on any atom is 0.341 e. The molecule has 1 aromatic carbocycles. The molecule has 3 aromatic rings. The lowest BCUT2D eigenvalue weighted by atomic mass is 10.2. The van der Waals surface area contributed by atoms with Crippen LogP contribution in [0.1, 0.15) is 22.8 Å². The van der Waals surface area contributed by atoms with Gasteiger partial charge in [0.2, 0.25) is 0 Å². The molecular formula is C17H17N3O3S. The Morgan fingerprint density at radius 3 is 2.58 bits per heavy atom. The third-order valence-corrected chi connectivity index (χ3v) is 4.09.